The Labute approximate surface area is 135 Å². The molecule has 1 N–H and O–H groups in total. The zero-order valence-corrected chi connectivity index (χ0v) is 15.1. The highest BCUT2D eigenvalue weighted by Gasteiger charge is 2.64. The Balaban J connectivity index is 2.48. The lowest BCUT2D eigenvalue weighted by Gasteiger charge is -2.55. The molecule has 2 aliphatic rings. The van der Waals surface area contributed by atoms with Crippen molar-refractivity contribution in [1.29, 1.82) is 0 Å². The molecule has 1 saturated carbocycles. The molecule has 0 amide bonds. The number of rotatable bonds is 4. The lowest BCUT2D eigenvalue weighted by Crippen LogP contribution is -2.50. The monoisotopic (exact) mass is 304 g/mol. The zero-order valence-electron chi connectivity index (χ0n) is 15.1. The van der Waals surface area contributed by atoms with E-state index < -0.39 is 5.97 Å². The van der Waals surface area contributed by atoms with Crippen LogP contribution in [0.15, 0.2) is 23.3 Å². The lowest BCUT2D eigenvalue weighted by molar-refractivity contribution is -0.149. The smallest absolute Gasteiger partial charge is 0.307 e. The molecule has 2 rings (SSSR count). The van der Waals surface area contributed by atoms with Gasteiger partial charge in [-0.15, -0.1) is 0 Å². The highest BCUT2D eigenvalue weighted by molar-refractivity contribution is 5.73. The minimum atomic E-state index is -0.618. The van der Waals surface area contributed by atoms with Crippen LogP contribution in [0.1, 0.15) is 73.6 Å². The maximum Gasteiger partial charge on any atom is 0.307 e. The van der Waals surface area contributed by atoms with Crippen LogP contribution in [-0.2, 0) is 4.79 Å². The van der Waals surface area contributed by atoms with Crippen LogP contribution in [0, 0.1) is 22.2 Å². The number of carbonyl (C=O) groups is 1. The van der Waals surface area contributed by atoms with Gasteiger partial charge >= 0.3 is 5.97 Å². The molecule has 124 valence electrons. The molecule has 0 radical (unpaired) electrons. The molecule has 2 heteroatoms. The summed E-state index contributed by atoms with van der Waals surface area (Å²) in [5, 5.41) is 9.85. The van der Waals surface area contributed by atoms with Crippen LogP contribution in [0.3, 0.4) is 0 Å². The van der Waals surface area contributed by atoms with Gasteiger partial charge < -0.3 is 5.11 Å². The van der Waals surface area contributed by atoms with Gasteiger partial charge in [-0.1, -0.05) is 51.0 Å². The molecular weight excluding hydrogens is 272 g/mol. The third-order valence-corrected chi connectivity index (χ3v) is 7.01. The van der Waals surface area contributed by atoms with Crippen molar-refractivity contribution < 1.29 is 9.90 Å². The summed E-state index contributed by atoms with van der Waals surface area (Å²) in [4.78, 5) is 12.0. The normalized spacial score (nSPS) is 36.5. The summed E-state index contributed by atoms with van der Waals surface area (Å²) in [5.41, 5.74) is 2.67. The number of hydrogen-bond acceptors (Lipinski definition) is 1. The fraction of sp³-hybridized carbons (Fsp3) is 0.750. The average Bonchev–Trinajstić information content (AvgIpc) is 2.61. The van der Waals surface area contributed by atoms with Gasteiger partial charge in [0.15, 0.2) is 0 Å². The molecule has 0 heterocycles. The summed E-state index contributed by atoms with van der Waals surface area (Å²) in [6.07, 6.45) is 9.50. The predicted octanol–water partition coefficient (Wildman–Crippen LogP) is 5.60. The van der Waals surface area contributed by atoms with E-state index in [1.165, 1.54) is 11.1 Å². The van der Waals surface area contributed by atoms with Crippen molar-refractivity contribution in [2.75, 3.05) is 0 Å². The number of carboxylic acids is 1. The molecule has 1 fully saturated rings. The van der Waals surface area contributed by atoms with Gasteiger partial charge in [0.05, 0.1) is 5.92 Å². The molecule has 2 nitrogen and oxygen atoms in total. The predicted molar refractivity (Wildman–Crippen MR) is 91.7 cm³/mol. The van der Waals surface area contributed by atoms with Crippen LogP contribution in [0.2, 0.25) is 0 Å². The fourth-order valence-corrected chi connectivity index (χ4v) is 5.16. The SMILES string of the molecule is CC(C)=CCC[C@]1(C)C(C(=O)O)CC2=CCCC(C)(C)[C@@]21C. The van der Waals surface area contributed by atoms with Crippen molar-refractivity contribution in [3.8, 4) is 0 Å². The summed E-state index contributed by atoms with van der Waals surface area (Å²) >= 11 is 0. The zero-order chi connectivity index (χ0) is 16.8. The van der Waals surface area contributed by atoms with Crippen molar-refractivity contribution in [1.82, 2.24) is 0 Å². The molecule has 0 spiro atoms. The van der Waals surface area contributed by atoms with Crippen LogP contribution in [0.25, 0.3) is 0 Å². The van der Waals surface area contributed by atoms with Crippen molar-refractivity contribution in [3.05, 3.63) is 23.3 Å². The quantitative estimate of drug-likeness (QED) is 0.687. The highest BCUT2D eigenvalue weighted by atomic mass is 16.4. The minimum absolute atomic E-state index is 0.0171. The fourth-order valence-electron chi connectivity index (χ4n) is 5.16. The number of carboxylic acid groups (broad SMARTS) is 1. The van der Waals surface area contributed by atoms with Gasteiger partial charge in [-0.05, 0) is 62.2 Å². The van der Waals surface area contributed by atoms with Crippen molar-refractivity contribution in [2.24, 2.45) is 22.2 Å². The summed E-state index contributed by atoms with van der Waals surface area (Å²) in [7, 11) is 0. The van der Waals surface area contributed by atoms with E-state index in [0.717, 1.165) is 32.1 Å². The van der Waals surface area contributed by atoms with Crippen LogP contribution in [-0.4, -0.2) is 11.1 Å². The second kappa shape index (κ2) is 5.54. The molecule has 0 bridgehead atoms. The first-order valence-corrected chi connectivity index (χ1v) is 8.62. The number of allylic oxidation sites excluding steroid dienone is 4. The van der Waals surface area contributed by atoms with E-state index >= 15 is 0 Å². The standard InChI is InChI=1S/C20H32O2/c1-14(2)9-7-12-19(5)16(17(21)22)13-15-10-8-11-18(3,4)20(15,19)6/h9-10,16H,7-8,11-13H2,1-6H3,(H,21,22)/t16?,19-,20-/m1/s1. The van der Waals surface area contributed by atoms with Crippen molar-refractivity contribution in [2.45, 2.75) is 73.6 Å². The largest absolute Gasteiger partial charge is 0.481 e. The van der Waals surface area contributed by atoms with Gasteiger partial charge in [0.1, 0.15) is 0 Å². The summed E-state index contributed by atoms with van der Waals surface area (Å²) in [5.74, 6) is -0.876. The Morgan fingerprint density at radius 2 is 1.95 bits per heavy atom. The minimum Gasteiger partial charge on any atom is -0.481 e. The molecule has 2 aliphatic carbocycles. The Kier molecular flexibility index (Phi) is 4.36. The number of aliphatic carboxylic acids is 1. The molecule has 0 aromatic rings. The second-order valence-corrected chi connectivity index (χ2v) is 8.61. The van der Waals surface area contributed by atoms with Crippen molar-refractivity contribution in [3.63, 3.8) is 0 Å². The molecule has 3 atom stereocenters. The van der Waals surface area contributed by atoms with Gasteiger partial charge in [0, 0.05) is 0 Å². The molecule has 0 aliphatic heterocycles. The van der Waals surface area contributed by atoms with Crippen LogP contribution >= 0.6 is 0 Å². The second-order valence-electron chi connectivity index (χ2n) is 8.61. The maximum atomic E-state index is 12.0. The number of fused-ring (bicyclic) bond motifs is 1. The highest BCUT2D eigenvalue weighted by Crippen LogP contribution is 2.70. The molecule has 1 unspecified atom stereocenters. The van der Waals surface area contributed by atoms with E-state index in [0.29, 0.717) is 0 Å². The van der Waals surface area contributed by atoms with Gasteiger partial charge in [-0.3, -0.25) is 4.79 Å². The van der Waals surface area contributed by atoms with E-state index in [9.17, 15) is 9.90 Å². The van der Waals surface area contributed by atoms with Crippen LogP contribution < -0.4 is 0 Å². The van der Waals surface area contributed by atoms with Gasteiger partial charge in [0.2, 0.25) is 0 Å². The molecule has 22 heavy (non-hydrogen) atoms. The van der Waals surface area contributed by atoms with E-state index in [4.69, 9.17) is 0 Å². The first-order chi connectivity index (χ1) is 10.1. The first kappa shape index (κ1) is 17.3. The maximum absolute atomic E-state index is 12.0. The molecular formula is C20H32O2. The third-order valence-electron chi connectivity index (χ3n) is 7.01. The van der Waals surface area contributed by atoms with Crippen LogP contribution in [0.5, 0.6) is 0 Å². The average molecular weight is 304 g/mol. The molecule has 0 aromatic heterocycles. The van der Waals surface area contributed by atoms with E-state index in [2.05, 4.69) is 53.7 Å². The Hall–Kier alpha value is -1.05. The lowest BCUT2D eigenvalue weighted by atomic mass is 9.48. The van der Waals surface area contributed by atoms with E-state index in [1.54, 1.807) is 0 Å². The number of hydrogen-bond donors (Lipinski definition) is 1. The van der Waals surface area contributed by atoms with E-state index in [1.807, 2.05) is 0 Å². The van der Waals surface area contributed by atoms with Gasteiger partial charge in [-0.2, -0.15) is 0 Å². The summed E-state index contributed by atoms with van der Waals surface area (Å²) in [6, 6.07) is 0. The molecule has 0 saturated heterocycles. The first-order valence-electron chi connectivity index (χ1n) is 8.62. The third kappa shape index (κ3) is 2.35. The van der Waals surface area contributed by atoms with Gasteiger partial charge in [-0.25, -0.2) is 0 Å². The Morgan fingerprint density at radius 3 is 2.50 bits per heavy atom. The summed E-state index contributed by atoms with van der Waals surface area (Å²) in [6.45, 7) is 13.5. The Morgan fingerprint density at radius 1 is 1.32 bits per heavy atom. The summed E-state index contributed by atoms with van der Waals surface area (Å²) < 4.78 is 0. The van der Waals surface area contributed by atoms with Crippen molar-refractivity contribution >= 4 is 5.97 Å². The topological polar surface area (TPSA) is 37.3 Å². The Bertz CT molecular complexity index is 522. The van der Waals surface area contributed by atoms with Gasteiger partial charge in [0.25, 0.3) is 0 Å². The van der Waals surface area contributed by atoms with E-state index in [-0.39, 0.29) is 22.2 Å². The molecule has 0 aromatic carbocycles. The van der Waals surface area contributed by atoms with Crippen LogP contribution in [0.4, 0.5) is 0 Å².